The van der Waals surface area contributed by atoms with Crippen LogP contribution in [0.3, 0.4) is 0 Å². The summed E-state index contributed by atoms with van der Waals surface area (Å²) >= 11 is 6.58. The fraction of sp³-hybridized carbons (Fsp3) is 0.0833. The van der Waals surface area contributed by atoms with Crippen molar-refractivity contribution in [2.45, 2.75) is 6.92 Å². The van der Waals surface area contributed by atoms with Crippen LogP contribution in [0.4, 0.5) is 4.79 Å². The number of hydrogen-bond donors (Lipinski definition) is 0. The van der Waals surface area contributed by atoms with Crippen molar-refractivity contribution in [1.82, 2.24) is 4.90 Å². The average molecular weight is 466 g/mol. The van der Waals surface area contributed by atoms with Gasteiger partial charge in [0.25, 0.3) is 11.1 Å². The van der Waals surface area contributed by atoms with Gasteiger partial charge in [0.15, 0.2) is 11.6 Å². The summed E-state index contributed by atoms with van der Waals surface area (Å²) in [5.41, 5.74) is 1.74. The lowest BCUT2D eigenvalue weighted by Gasteiger charge is -2.11. The highest BCUT2D eigenvalue weighted by Crippen LogP contribution is 2.33. The molecule has 0 radical (unpaired) electrons. The predicted molar refractivity (Wildman–Crippen MR) is 123 cm³/mol. The van der Waals surface area contributed by atoms with Crippen LogP contribution < -0.4 is 0 Å². The molecular weight excluding hydrogens is 450 g/mol. The number of carbonyl (C=O) groups excluding carboxylic acids is 4. The van der Waals surface area contributed by atoms with E-state index < -0.39 is 11.1 Å². The third-order valence-electron chi connectivity index (χ3n) is 4.82. The van der Waals surface area contributed by atoms with E-state index in [1.807, 2.05) is 0 Å². The molecule has 6 nitrogen and oxygen atoms in total. The second-order valence-corrected chi connectivity index (χ2v) is 8.46. The first-order valence-electron chi connectivity index (χ1n) is 9.57. The van der Waals surface area contributed by atoms with E-state index in [0.717, 1.165) is 22.2 Å². The van der Waals surface area contributed by atoms with Crippen molar-refractivity contribution >= 4 is 52.2 Å². The number of hydrogen-bond acceptors (Lipinski definition) is 6. The molecule has 1 aliphatic rings. The van der Waals surface area contributed by atoms with E-state index in [4.69, 9.17) is 16.0 Å². The van der Waals surface area contributed by atoms with E-state index in [-0.39, 0.29) is 23.0 Å². The normalized spacial score (nSPS) is 14.9. The van der Waals surface area contributed by atoms with Gasteiger partial charge in [-0.3, -0.25) is 24.1 Å². The Balaban J connectivity index is 1.48. The van der Waals surface area contributed by atoms with Gasteiger partial charge in [0.2, 0.25) is 0 Å². The molecule has 2 aromatic carbocycles. The molecule has 0 saturated carbocycles. The first kappa shape index (κ1) is 21.8. The van der Waals surface area contributed by atoms with Gasteiger partial charge in [-0.2, -0.15) is 0 Å². The van der Waals surface area contributed by atoms with Crippen molar-refractivity contribution in [2.75, 3.05) is 6.54 Å². The summed E-state index contributed by atoms with van der Waals surface area (Å²) < 4.78 is 5.78. The van der Waals surface area contributed by atoms with Crippen LogP contribution in [-0.2, 0) is 4.79 Å². The van der Waals surface area contributed by atoms with Crippen molar-refractivity contribution < 1.29 is 23.6 Å². The van der Waals surface area contributed by atoms with E-state index in [9.17, 15) is 19.2 Å². The fourth-order valence-electron chi connectivity index (χ4n) is 3.09. The molecule has 0 unspecified atom stereocenters. The summed E-state index contributed by atoms with van der Waals surface area (Å²) in [6.07, 6.45) is 1.48. The van der Waals surface area contributed by atoms with E-state index in [0.29, 0.717) is 27.7 Å². The van der Waals surface area contributed by atoms with Crippen LogP contribution in [0, 0.1) is 0 Å². The summed E-state index contributed by atoms with van der Waals surface area (Å²) in [4.78, 5) is 49.9. The van der Waals surface area contributed by atoms with Crippen LogP contribution in [-0.4, -0.2) is 34.2 Å². The van der Waals surface area contributed by atoms with Crippen molar-refractivity contribution in [3.8, 4) is 11.3 Å². The number of halogens is 1. The van der Waals surface area contributed by atoms with Gasteiger partial charge < -0.3 is 4.42 Å². The first-order chi connectivity index (χ1) is 15.3. The Kier molecular flexibility index (Phi) is 6.12. The molecule has 0 atom stereocenters. The molecule has 0 spiro atoms. The Hall–Kier alpha value is -3.42. The van der Waals surface area contributed by atoms with Crippen molar-refractivity contribution in [3.63, 3.8) is 0 Å². The van der Waals surface area contributed by atoms with Gasteiger partial charge in [-0.1, -0.05) is 35.9 Å². The number of furan rings is 1. The third kappa shape index (κ3) is 4.59. The Bertz CT molecular complexity index is 1260. The number of nitrogens with zero attached hydrogens (tertiary/aromatic N) is 1. The SMILES string of the molecule is CC(=O)c1ccc(-c2ccc(/C=C3/SC(=O)N(CC(=O)c4ccc(Cl)cc4)C3=O)o2)cc1. The van der Waals surface area contributed by atoms with Crippen molar-refractivity contribution in [1.29, 1.82) is 0 Å². The monoisotopic (exact) mass is 465 g/mol. The maximum Gasteiger partial charge on any atom is 0.293 e. The number of rotatable bonds is 6. The van der Waals surface area contributed by atoms with Crippen molar-refractivity contribution in [3.05, 3.63) is 87.5 Å². The number of benzene rings is 2. The quantitative estimate of drug-likeness (QED) is 0.342. The van der Waals surface area contributed by atoms with E-state index >= 15 is 0 Å². The minimum atomic E-state index is -0.550. The third-order valence-corrected chi connectivity index (χ3v) is 5.98. The molecule has 1 aromatic heterocycles. The first-order valence-corrected chi connectivity index (χ1v) is 10.8. The van der Waals surface area contributed by atoms with Crippen LogP contribution in [0.5, 0.6) is 0 Å². The standard InChI is InChI=1S/C24H16ClNO5S/c1-14(27)15-2-4-17(5-3-15)21-11-10-19(31-21)12-22-23(29)26(24(30)32-22)13-20(28)16-6-8-18(25)9-7-16/h2-12H,13H2,1H3/b22-12+. The molecule has 32 heavy (non-hydrogen) atoms. The molecule has 2 heterocycles. The summed E-state index contributed by atoms with van der Waals surface area (Å²) in [5.74, 6) is 0.0150. The Labute approximate surface area is 192 Å². The lowest BCUT2D eigenvalue weighted by Crippen LogP contribution is -2.33. The largest absolute Gasteiger partial charge is 0.457 e. The number of ketones is 2. The van der Waals surface area contributed by atoms with Gasteiger partial charge in [-0.15, -0.1) is 0 Å². The lowest BCUT2D eigenvalue weighted by molar-refractivity contribution is -0.122. The molecule has 4 rings (SSSR count). The molecule has 1 aliphatic heterocycles. The molecule has 3 aromatic rings. The number of amides is 2. The van der Waals surface area contributed by atoms with Gasteiger partial charge in [0.1, 0.15) is 11.5 Å². The zero-order valence-corrected chi connectivity index (χ0v) is 18.4. The van der Waals surface area contributed by atoms with Crippen LogP contribution in [0.1, 0.15) is 33.4 Å². The van der Waals surface area contributed by atoms with Crippen LogP contribution in [0.15, 0.2) is 70.0 Å². The maximum absolute atomic E-state index is 12.7. The molecule has 1 fully saturated rings. The Morgan fingerprint density at radius 3 is 2.28 bits per heavy atom. The van der Waals surface area contributed by atoms with Gasteiger partial charge in [0.05, 0.1) is 11.4 Å². The zero-order chi connectivity index (χ0) is 22.8. The minimum absolute atomic E-state index is 0.0260. The smallest absolute Gasteiger partial charge is 0.293 e. The molecule has 2 amide bonds. The average Bonchev–Trinajstić information content (AvgIpc) is 3.34. The predicted octanol–water partition coefficient (Wildman–Crippen LogP) is 5.72. The zero-order valence-electron chi connectivity index (χ0n) is 16.8. The second kappa shape index (κ2) is 8.98. The minimum Gasteiger partial charge on any atom is -0.457 e. The molecule has 1 saturated heterocycles. The highest BCUT2D eigenvalue weighted by Gasteiger charge is 2.36. The summed E-state index contributed by atoms with van der Waals surface area (Å²) in [6.45, 7) is 1.14. The van der Waals surface area contributed by atoms with Gasteiger partial charge in [0, 0.05) is 27.8 Å². The summed E-state index contributed by atoms with van der Waals surface area (Å²) in [7, 11) is 0. The van der Waals surface area contributed by atoms with Gasteiger partial charge >= 0.3 is 0 Å². The Morgan fingerprint density at radius 2 is 1.62 bits per heavy atom. The molecule has 8 heteroatoms. The summed E-state index contributed by atoms with van der Waals surface area (Å²) in [6, 6.07) is 16.6. The number of Topliss-reactive ketones (excluding diaryl/α,β-unsaturated/α-hetero) is 2. The Morgan fingerprint density at radius 1 is 0.969 bits per heavy atom. The lowest BCUT2D eigenvalue weighted by atomic mass is 10.1. The van der Waals surface area contributed by atoms with E-state index in [1.54, 1.807) is 60.7 Å². The number of carbonyl (C=O) groups is 4. The van der Waals surface area contributed by atoms with E-state index in [1.165, 1.54) is 13.0 Å². The van der Waals surface area contributed by atoms with Crippen molar-refractivity contribution in [2.24, 2.45) is 0 Å². The fourth-order valence-corrected chi connectivity index (χ4v) is 4.04. The van der Waals surface area contributed by atoms with Crippen LogP contribution in [0.2, 0.25) is 5.02 Å². The summed E-state index contributed by atoms with van der Waals surface area (Å²) in [5, 5.41) is -0.0292. The molecule has 0 N–H and O–H groups in total. The topological polar surface area (TPSA) is 84.7 Å². The molecule has 0 bridgehead atoms. The van der Waals surface area contributed by atoms with E-state index in [2.05, 4.69) is 0 Å². The van der Waals surface area contributed by atoms with Crippen LogP contribution in [0.25, 0.3) is 17.4 Å². The van der Waals surface area contributed by atoms with Gasteiger partial charge in [-0.25, -0.2) is 0 Å². The highest BCUT2D eigenvalue weighted by molar-refractivity contribution is 8.18. The molecule has 160 valence electrons. The molecule has 0 aliphatic carbocycles. The molecular formula is C24H16ClNO5S. The second-order valence-electron chi connectivity index (χ2n) is 7.03. The highest BCUT2D eigenvalue weighted by atomic mass is 35.5. The maximum atomic E-state index is 12.7. The van der Waals surface area contributed by atoms with Crippen LogP contribution >= 0.6 is 23.4 Å². The number of imide groups is 1. The van der Waals surface area contributed by atoms with Gasteiger partial charge in [-0.05, 0) is 55.1 Å². The number of thioether (sulfide) groups is 1.